The molecule has 0 aliphatic heterocycles. The minimum atomic E-state index is -1.02. The number of ether oxygens (including phenoxy) is 1. The standard InChI is InChI=1S/C16H19NO4/c1-9(2)21-13-4-3-10(15(19)20)7-12(13)17-14(18)11-8-16(11)5-6-16/h3-4,7,9,11H,5-6,8H2,1-2H3,(H,17,18)(H,19,20). The molecule has 1 aromatic rings. The molecule has 5 heteroatoms. The molecule has 2 N–H and O–H groups in total. The molecule has 0 heterocycles. The Hall–Kier alpha value is -2.04. The summed E-state index contributed by atoms with van der Waals surface area (Å²) in [6.07, 6.45) is 3.18. The van der Waals surface area contributed by atoms with Crippen LogP contribution in [0.2, 0.25) is 0 Å². The Labute approximate surface area is 123 Å². The Kier molecular flexibility index (Phi) is 3.15. The Morgan fingerprint density at radius 3 is 2.62 bits per heavy atom. The maximum atomic E-state index is 12.2. The normalized spacial score (nSPS) is 21.2. The molecule has 2 saturated carbocycles. The second-order valence-corrected chi connectivity index (χ2v) is 6.29. The van der Waals surface area contributed by atoms with Crippen LogP contribution in [0.25, 0.3) is 0 Å². The van der Waals surface area contributed by atoms with Gasteiger partial charge >= 0.3 is 5.97 Å². The number of aromatic carboxylic acids is 1. The van der Waals surface area contributed by atoms with E-state index in [1.54, 1.807) is 6.07 Å². The summed E-state index contributed by atoms with van der Waals surface area (Å²) >= 11 is 0. The first-order chi connectivity index (χ1) is 9.91. The SMILES string of the molecule is CC(C)Oc1ccc(C(=O)O)cc1NC(=O)C1CC12CC2. The van der Waals surface area contributed by atoms with Crippen molar-refractivity contribution in [2.24, 2.45) is 11.3 Å². The summed E-state index contributed by atoms with van der Waals surface area (Å²) in [5, 5.41) is 11.9. The van der Waals surface area contributed by atoms with Crippen molar-refractivity contribution in [1.29, 1.82) is 0 Å². The number of hydrogen-bond donors (Lipinski definition) is 2. The molecule has 1 unspecified atom stereocenters. The van der Waals surface area contributed by atoms with E-state index >= 15 is 0 Å². The zero-order chi connectivity index (χ0) is 15.2. The summed E-state index contributed by atoms with van der Waals surface area (Å²) in [6, 6.07) is 4.54. The number of carbonyl (C=O) groups excluding carboxylic acids is 1. The smallest absolute Gasteiger partial charge is 0.335 e. The van der Waals surface area contributed by atoms with E-state index < -0.39 is 5.97 Å². The highest BCUT2D eigenvalue weighted by atomic mass is 16.5. The van der Waals surface area contributed by atoms with Crippen LogP contribution in [0.4, 0.5) is 5.69 Å². The van der Waals surface area contributed by atoms with Crippen molar-refractivity contribution < 1.29 is 19.4 Å². The third-order valence-electron chi connectivity index (χ3n) is 4.25. The first-order valence-electron chi connectivity index (χ1n) is 7.26. The molecule has 0 saturated heterocycles. The molecule has 1 atom stereocenters. The molecule has 0 bridgehead atoms. The number of anilines is 1. The van der Waals surface area contributed by atoms with E-state index in [-0.39, 0.29) is 28.9 Å². The van der Waals surface area contributed by atoms with E-state index in [0.717, 1.165) is 19.3 Å². The summed E-state index contributed by atoms with van der Waals surface area (Å²) in [7, 11) is 0. The van der Waals surface area contributed by atoms with Gasteiger partial charge in [-0.25, -0.2) is 4.79 Å². The summed E-state index contributed by atoms with van der Waals surface area (Å²) in [4.78, 5) is 23.3. The molecule has 21 heavy (non-hydrogen) atoms. The van der Waals surface area contributed by atoms with Crippen molar-refractivity contribution in [3.05, 3.63) is 23.8 Å². The maximum absolute atomic E-state index is 12.2. The number of rotatable bonds is 5. The van der Waals surface area contributed by atoms with Crippen molar-refractivity contribution in [2.75, 3.05) is 5.32 Å². The van der Waals surface area contributed by atoms with Gasteiger partial charge in [0, 0.05) is 5.92 Å². The first kappa shape index (κ1) is 13.9. The predicted molar refractivity (Wildman–Crippen MR) is 77.6 cm³/mol. The molecule has 2 fully saturated rings. The molecule has 2 aliphatic rings. The number of hydrogen-bond acceptors (Lipinski definition) is 3. The number of carboxylic acid groups (broad SMARTS) is 1. The molecule has 1 aromatic carbocycles. The van der Waals surface area contributed by atoms with Crippen LogP contribution in [0.15, 0.2) is 18.2 Å². The molecule has 112 valence electrons. The fourth-order valence-corrected chi connectivity index (χ4v) is 2.77. The van der Waals surface area contributed by atoms with E-state index in [2.05, 4.69) is 5.32 Å². The van der Waals surface area contributed by atoms with E-state index in [1.165, 1.54) is 12.1 Å². The lowest BCUT2D eigenvalue weighted by Crippen LogP contribution is -2.17. The van der Waals surface area contributed by atoms with Gasteiger partial charge in [0.2, 0.25) is 5.91 Å². The van der Waals surface area contributed by atoms with E-state index in [4.69, 9.17) is 9.84 Å². The van der Waals surface area contributed by atoms with Crippen LogP contribution in [-0.4, -0.2) is 23.1 Å². The lowest BCUT2D eigenvalue weighted by atomic mass is 10.1. The van der Waals surface area contributed by atoms with Gasteiger partial charge in [-0.2, -0.15) is 0 Å². The van der Waals surface area contributed by atoms with Crippen molar-refractivity contribution in [1.82, 2.24) is 0 Å². The van der Waals surface area contributed by atoms with Gasteiger partial charge in [-0.1, -0.05) is 0 Å². The molecule has 5 nitrogen and oxygen atoms in total. The molecular formula is C16H19NO4. The monoisotopic (exact) mass is 289 g/mol. The fraction of sp³-hybridized carbons (Fsp3) is 0.500. The second kappa shape index (κ2) is 4.76. The topological polar surface area (TPSA) is 75.6 Å². The third-order valence-corrected chi connectivity index (χ3v) is 4.25. The van der Waals surface area contributed by atoms with Gasteiger partial charge in [-0.15, -0.1) is 0 Å². The number of amides is 1. The zero-order valence-corrected chi connectivity index (χ0v) is 12.2. The van der Waals surface area contributed by atoms with Crippen molar-refractivity contribution in [3.63, 3.8) is 0 Å². The molecule has 0 aromatic heterocycles. The van der Waals surface area contributed by atoms with E-state index in [1.807, 2.05) is 13.8 Å². The van der Waals surface area contributed by atoms with E-state index in [0.29, 0.717) is 11.4 Å². The number of carbonyl (C=O) groups is 2. The lowest BCUT2D eigenvalue weighted by Gasteiger charge is -2.15. The van der Waals surface area contributed by atoms with E-state index in [9.17, 15) is 9.59 Å². The Balaban J connectivity index is 1.81. The zero-order valence-electron chi connectivity index (χ0n) is 12.2. The highest BCUT2D eigenvalue weighted by Crippen LogP contribution is 2.70. The van der Waals surface area contributed by atoms with Crippen LogP contribution in [-0.2, 0) is 4.79 Å². The summed E-state index contributed by atoms with van der Waals surface area (Å²) in [6.45, 7) is 3.77. The molecular weight excluding hydrogens is 270 g/mol. The van der Waals surface area contributed by atoms with Crippen molar-refractivity contribution in [2.45, 2.75) is 39.2 Å². The largest absolute Gasteiger partial charge is 0.489 e. The van der Waals surface area contributed by atoms with Crippen LogP contribution in [0.3, 0.4) is 0 Å². The second-order valence-electron chi connectivity index (χ2n) is 6.29. The average Bonchev–Trinajstić information content (AvgIpc) is 3.31. The van der Waals surface area contributed by atoms with Crippen molar-refractivity contribution in [3.8, 4) is 5.75 Å². The van der Waals surface area contributed by atoms with Crippen LogP contribution in [0.5, 0.6) is 5.75 Å². The molecule has 1 amide bonds. The van der Waals surface area contributed by atoms with Crippen LogP contribution >= 0.6 is 0 Å². The summed E-state index contributed by atoms with van der Waals surface area (Å²) < 4.78 is 5.64. The molecule has 3 rings (SSSR count). The van der Waals surface area contributed by atoms with Crippen LogP contribution in [0, 0.1) is 11.3 Å². The number of carboxylic acids is 1. The van der Waals surface area contributed by atoms with Gasteiger partial charge in [0.1, 0.15) is 5.75 Å². The summed E-state index contributed by atoms with van der Waals surface area (Å²) in [5.41, 5.74) is 0.850. The molecule has 2 aliphatic carbocycles. The molecule has 1 spiro atoms. The van der Waals surface area contributed by atoms with Gasteiger partial charge in [0.25, 0.3) is 0 Å². The van der Waals surface area contributed by atoms with Gasteiger partial charge in [-0.3, -0.25) is 4.79 Å². The van der Waals surface area contributed by atoms with Crippen molar-refractivity contribution >= 4 is 17.6 Å². The molecule has 0 radical (unpaired) electrons. The van der Waals surface area contributed by atoms with Gasteiger partial charge in [0.05, 0.1) is 17.4 Å². The fourth-order valence-electron chi connectivity index (χ4n) is 2.77. The van der Waals surface area contributed by atoms with Crippen LogP contribution < -0.4 is 10.1 Å². The average molecular weight is 289 g/mol. The van der Waals surface area contributed by atoms with Gasteiger partial charge < -0.3 is 15.2 Å². The highest BCUT2D eigenvalue weighted by molar-refractivity contribution is 5.98. The minimum absolute atomic E-state index is 0.0244. The maximum Gasteiger partial charge on any atom is 0.335 e. The third kappa shape index (κ3) is 2.73. The Morgan fingerprint density at radius 1 is 1.38 bits per heavy atom. The summed E-state index contributed by atoms with van der Waals surface area (Å²) in [5.74, 6) is -0.456. The predicted octanol–water partition coefficient (Wildman–Crippen LogP) is 2.91. The Bertz CT molecular complexity index is 604. The quantitative estimate of drug-likeness (QED) is 0.874. The lowest BCUT2D eigenvalue weighted by molar-refractivity contribution is -0.117. The number of benzene rings is 1. The minimum Gasteiger partial charge on any atom is -0.489 e. The van der Waals surface area contributed by atoms with Gasteiger partial charge in [0.15, 0.2) is 0 Å². The Morgan fingerprint density at radius 2 is 2.10 bits per heavy atom. The van der Waals surface area contributed by atoms with Gasteiger partial charge in [-0.05, 0) is 56.7 Å². The first-order valence-corrected chi connectivity index (χ1v) is 7.26. The number of nitrogens with one attached hydrogen (secondary N) is 1. The highest BCUT2D eigenvalue weighted by Gasteiger charge is 2.65. The van der Waals surface area contributed by atoms with Crippen LogP contribution in [0.1, 0.15) is 43.5 Å².